The van der Waals surface area contributed by atoms with Gasteiger partial charge in [-0.1, -0.05) is 13.0 Å². The molecule has 0 radical (unpaired) electrons. The van der Waals surface area contributed by atoms with Crippen LogP contribution in [0.1, 0.15) is 44.6 Å². The van der Waals surface area contributed by atoms with Gasteiger partial charge in [-0.3, -0.25) is 4.79 Å². The van der Waals surface area contributed by atoms with Crippen LogP contribution in [0.4, 0.5) is 5.82 Å². The van der Waals surface area contributed by atoms with Crippen LogP contribution in [-0.2, 0) is 16.1 Å². The normalized spacial score (nSPS) is 23.0. The molecule has 2 fully saturated rings. The topological polar surface area (TPSA) is 80.5 Å². The largest absolute Gasteiger partial charge is 0.381 e. The Morgan fingerprint density at radius 2 is 2.27 bits per heavy atom. The van der Waals surface area contributed by atoms with Gasteiger partial charge in [-0.25, -0.2) is 4.98 Å². The van der Waals surface area contributed by atoms with Crippen LogP contribution in [-0.4, -0.2) is 43.7 Å². The summed E-state index contributed by atoms with van der Waals surface area (Å²) in [5, 5.41) is 3.59. The van der Waals surface area contributed by atoms with E-state index in [0.717, 1.165) is 64.3 Å². The highest BCUT2D eigenvalue weighted by molar-refractivity contribution is 5.77. The second-order valence-electron chi connectivity index (χ2n) is 8.02. The van der Waals surface area contributed by atoms with Gasteiger partial charge in [0.15, 0.2) is 0 Å². The first kappa shape index (κ1) is 19.1. The van der Waals surface area contributed by atoms with Crippen LogP contribution in [0.25, 0.3) is 0 Å². The van der Waals surface area contributed by atoms with Gasteiger partial charge in [-0.2, -0.15) is 0 Å². The van der Waals surface area contributed by atoms with Crippen LogP contribution < -0.4 is 16.0 Å². The second-order valence-corrected chi connectivity index (χ2v) is 8.02. The molecule has 26 heavy (non-hydrogen) atoms. The number of carbonyl (C=O) groups excluding carboxylic acids is 1. The molecule has 3 heterocycles. The lowest BCUT2D eigenvalue weighted by molar-refractivity contribution is -0.122. The molecule has 2 aliphatic heterocycles. The molecule has 1 amide bonds. The van der Waals surface area contributed by atoms with Crippen molar-refractivity contribution in [1.82, 2.24) is 10.3 Å². The van der Waals surface area contributed by atoms with Gasteiger partial charge in [-0.15, -0.1) is 0 Å². The number of ether oxygens (including phenoxy) is 1. The Kier molecular flexibility index (Phi) is 6.48. The second kappa shape index (κ2) is 8.82. The minimum atomic E-state index is -0.199. The van der Waals surface area contributed by atoms with Crippen molar-refractivity contribution < 1.29 is 9.53 Å². The van der Waals surface area contributed by atoms with Crippen molar-refractivity contribution in [3.05, 3.63) is 23.9 Å². The Morgan fingerprint density at radius 1 is 1.46 bits per heavy atom. The van der Waals surface area contributed by atoms with Crippen LogP contribution >= 0.6 is 0 Å². The number of amides is 1. The van der Waals surface area contributed by atoms with Crippen molar-refractivity contribution in [2.75, 3.05) is 37.7 Å². The fraction of sp³-hybridized carbons (Fsp3) is 0.700. The summed E-state index contributed by atoms with van der Waals surface area (Å²) in [6.45, 7) is 7.55. The number of carbonyl (C=O) groups is 1. The molecule has 0 aliphatic carbocycles. The highest BCUT2D eigenvalue weighted by Crippen LogP contribution is 2.33. The number of aromatic nitrogens is 1. The maximum atomic E-state index is 11.6. The minimum absolute atomic E-state index is 0.0694. The van der Waals surface area contributed by atoms with Gasteiger partial charge in [0.2, 0.25) is 5.91 Å². The quantitative estimate of drug-likeness (QED) is 0.728. The van der Waals surface area contributed by atoms with Gasteiger partial charge in [0.25, 0.3) is 0 Å². The summed E-state index contributed by atoms with van der Waals surface area (Å²) in [7, 11) is 0. The van der Waals surface area contributed by atoms with Crippen molar-refractivity contribution in [2.45, 2.75) is 45.6 Å². The van der Waals surface area contributed by atoms with Crippen LogP contribution in [0.3, 0.4) is 0 Å². The number of nitrogens with zero attached hydrogens (tertiary/aromatic N) is 2. The Labute approximate surface area is 156 Å². The van der Waals surface area contributed by atoms with E-state index in [-0.39, 0.29) is 11.8 Å². The maximum Gasteiger partial charge on any atom is 0.222 e. The predicted molar refractivity (Wildman–Crippen MR) is 103 cm³/mol. The van der Waals surface area contributed by atoms with Gasteiger partial charge in [0.1, 0.15) is 5.82 Å². The Hall–Kier alpha value is -1.66. The summed E-state index contributed by atoms with van der Waals surface area (Å²) in [5.74, 6) is 0.721. The van der Waals surface area contributed by atoms with Crippen molar-refractivity contribution in [3.8, 4) is 0 Å². The summed E-state index contributed by atoms with van der Waals surface area (Å²) >= 11 is 0. The molecule has 6 heteroatoms. The van der Waals surface area contributed by atoms with E-state index in [1.54, 1.807) is 0 Å². The van der Waals surface area contributed by atoms with Gasteiger partial charge >= 0.3 is 0 Å². The van der Waals surface area contributed by atoms with Crippen LogP contribution in [0.15, 0.2) is 18.3 Å². The number of pyridine rings is 1. The van der Waals surface area contributed by atoms with Crippen LogP contribution in [0, 0.1) is 11.3 Å². The summed E-state index contributed by atoms with van der Waals surface area (Å²) in [5.41, 5.74) is 7.10. The van der Waals surface area contributed by atoms with Crippen molar-refractivity contribution in [2.24, 2.45) is 17.1 Å². The van der Waals surface area contributed by atoms with E-state index in [1.165, 1.54) is 12.0 Å². The zero-order chi connectivity index (χ0) is 18.4. The van der Waals surface area contributed by atoms with Gasteiger partial charge in [0, 0.05) is 44.6 Å². The fourth-order valence-electron chi connectivity index (χ4n) is 3.98. The molecular formula is C20H32N4O2. The van der Waals surface area contributed by atoms with Crippen molar-refractivity contribution in [3.63, 3.8) is 0 Å². The molecule has 0 saturated carbocycles. The summed E-state index contributed by atoms with van der Waals surface area (Å²) < 4.78 is 5.48. The lowest BCUT2D eigenvalue weighted by Gasteiger charge is -2.34. The first-order valence-corrected chi connectivity index (χ1v) is 9.84. The SMILES string of the molecule is CC1(CCNCc2cccnc2N2CCCC(C(N)=O)C2)CCOCC1. The average Bonchev–Trinajstić information content (AvgIpc) is 2.66. The number of primary amides is 1. The molecule has 1 atom stereocenters. The highest BCUT2D eigenvalue weighted by atomic mass is 16.5. The standard InChI is InChI=1S/C20H32N4O2/c1-20(7-12-26-13-8-20)6-10-22-14-16-4-2-9-23-19(16)24-11-3-5-17(15-24)18(21)25/h2,4,9,17,22H,3,5-8,10-15H2,1H3,(H2,21,25). The predicted octanol–water partition coefficient (Wildman–Crippen LogP) is 2.08. The van der Waals surface area contributed by atoms with E-state index >= 15 is 0 Å². The van der Waals surface area contributed by atoms with Crippen LogP contribution in [0.5, 0.6) is 0 Å². The highest BCUT2D eigenvalue weighted by Gasteiger charge is 2.27. The third-order valence-corrected chi connectivity index (χ3v) is 5.91. The first-order valence-electron chi connectivity index (χ1n) is 9.84. The lowest BCUT2D eigenvalue weighted by atomic mass is 9.79. The first-order chi connectivity index (χ1) is 12.6. The van der Waals surface area contributed by atoms with Gasteiger partial charge < -0.3 is 20.7 Å². The summed E-state index contributed by atoms with van der Waals surface area (Å²) in [6.07, 6.45) is 7.16. The van der Waals surface area contributed by atoms with Crippen molar-refractivity contribution in [1.29, 1.82) is 0 Å². The van der Waals surface area contributed by atoms with Gasteiger partial charge in [0.05, 0.1) is 5.92 Å². The molecular weight excluding hydrogens is 328 g/mol. The monoisotopic (exact) mass is 360 g/mol. The van der Waals surface area contributed by atoms with Gasteiger partial charge in [-0.05, 0) is 50.1 Å². The molecule has 3 rings (SSSR count). The summed E-state index contributed by atoms with van der Waals surface area (Å²) in [6, 6.07) is 4.11. The minimum Gasteiger partial charge on any atom is -0.381 e. The smallest absolute Gasteiger partial charge is 0.222 e. The Morgan fingerprint density at radius 3 is 3.04 bits per heavy atom. The number of nitrogens with one attached hydrogen (secondary N) is 1. The molecule has 144 valence electrons. The van der Waals surface area contributed by atoms with E-state index < -0.39 is 0 Å². The molecule has 0 bridgehead atoms. The third kappa shape index (κ3) is 4.95. The van der Waals surface area contributed by atoms with E-state index in [2.05, 4.69) is 28.2 Å². The number of anilines is 1. The number of nitrogens with two attached hydrogens (primary N) is 1. The molecule has 0 spiro atoms. The van der Waals surface area contributed by atoms with E-state index in [0.29, 0.717) is 12.0 Å². The molecule has 2 aliphatic rings. The Bertz CT molecular complexity index is 601. The molecule has 6 nitrogen and oxygen atoms in total. The number of piperidine rings is 1. The molecule has 2 saturated heterocycles. The third-order valence-electron chi connectivity index (χ3n) is 5.91. The van der Waals surface area contributed by atoms with Crippen LogP contribution in [0.2, 0.25) is 0 Å². The van der Waals surface area contributed by atoms with E-state index in [9.17, 15) is 4.79 Å². The van der Waals surface area contributed by atoms with Crippen molar-refractivity contribution >= 4 is 11.7 Å². The molecule has 0 aromatic carbocycles. The Balaban J connectivity index is 1.54. The zero-order valence-corrected chi connectivity index (χ0v) is 15.9. The summed E-state index contributed by atoms with van der Waals surface area (Å²) in [4.78, 5) is 18.4. The molecule has 1 unspecified atom stereocenters. The molecule has 1 aromatic rings. The molecule has 3 N–H and O–H groups in total. The average molecular weight is 361 g/mol. The number of hydrogen-bond acceptors (Lipinski definition) is 5. The molecule has 1 aromatic heterocycles. The maximum absolute atomic E-state index is 11.6. The zero-order valence-electron chi connectivity index (χ0n) is 15.9. The fourth-order valence-corrected chi connectivity index (χ4v) is 3.98. The van der Waals surface area contributed by atoms with E-state index in [4.69, 9.17) is 10.5 Å². The number of hydrogen-bond donors (Lipinski definition) is 2. The lowest BCUT2D eigenvalue weighted by Crippen LogP contribution is -2.42. The number of rotatable bonds is 7. The van der Waals surface area contributed by atoms with E-state index in [1.807, 2.05) is 12.3 Å².